The predicted octanol–water partition coefficient (Wildman–Crippen LogP) is 4.55. The zero-order valence-electron chi connectivity index (χ0n) is 9.24. The Morgan fingerprint density at radius 2 is 1.94 bits per heavy atom. The van der Waals surface area contributed by atoms with Gasteiger partial charge in [-0.15, -0.1) is 11.3 Å². The fourth-order valence-electron chi connectivity index (χ4n) is 1.47. The van der Waals surface area contributed by atoms with Crippen molar-refractivity contribution in [1.29, 1.82) is 0 Å². The highest BCUT2D eigenvalue weighted by Gasteiger charge is 2.12. The molecule has 3 heteroatoms. The molecule has 1 aromatic carbocycles. The summed E-state index contributed by atoms with van der Waals surface area (Å²) >= 11 is 5.43. The summed E-state index contributed by atoms with van der Waals surface area (Å²) in [4.78, 5) is 1.52. The van der Waals surface area contributed by atoms with E-state index in [0.717, 1.165) is 5.75 Å². The normalized spacial score (nSPS) is 12.4. The average molecular weight is 297 g/mol. The Hall–Kier alpha value is -0.800. The summed E-state index contributed by atoms with van der Waals surface area (Å²) in [7, 11) is 1.70. The molecular formula is C13H13BrOS. The molecular weight excluding hydrogens is 284 g/mol. The van der Waals surface area contributed by atoms with Gasteiger partial charge in [-0.25, -0.2) is 0 Å². The second-order valence-corrected chi connectivity index (χ2v) is 5.52. The average Bonchev–Trinajstić information content (AvgIpc) is 2.77. The van der Waals surface area contributed by atoms with Gasteiger partial charge in [0.1, 0.15) is 5.75 Å². The maximum atomic E-state index is 5.19. The SMILES string of the molecule is COc1csc(C(Br)c2ccc(C)cc2)c1. The van der Waals surface area contributed by atoms with Crippen LogP contribution >= 0.6 is 27.3 Å². The lowest BCUT2D eigenvalue weighted by atomic mass is 10.1. The molecule has 84 valence electrons. The molecule has 0 spiro atoms. The Morgan fingerprint density at radius 3 is 2.50 bits per heavy atom. The van der Waals surface area contributed by atoms with E-state index in [0.29, 0.717) is 0 Å². The molecule has 0 amide bonds. The van der Waals surface area contributed by atoms with E-state index >= 15 is 0 Å². The minimum atomic E-state index is 0.252. The first-order chi connectivity index (χ1) is 7.70. The lowest BCUT2D eigenvalue weighted by molar-refractivity contribution is 0.416. The van der Waals surface area contributed by atoms with Crippen molar-refractivity contribution < 1.29 is 4.74 Å². The third-order valence-electron chi connectivity index (χ3n) is 2.45. The van der Waals surface area contributed by atoms with Gasteiger partial charge in [-0.1, -0.05) is 45.8 Å². The van der Waals surface area contributed by atoms with Crippen molar-refractivity contribution in [2.45, 2.75) is 11.8 Å². The summed E-state index contributed by atoms with van der Waals surface area (Å²) in [5.74, 6) is 0.927. The number of methoxy groups -OCH3 is 1. The quantitative estimate of drug-likeness (QED) is 0.755. The molecule has 2 rings (SSSR count). The Balaban J connectivity index is 2.24. The van der Waals surface area contributed by atoms with Gasteiger partial charge in [-0.2, -0.15) is 0 Å². The minimum Gasteiger partial charge on any atom is -0.496 e. The van der Waals surface area contributed by atoms with Gasteiger partial charge in [0.15, 0.2) is 0 Å². The van der Waals surface area contributed by atoms with Crippen LogP contribution < -0.4 is 4.74 Å². The third-order valence-corrected chi connectivity index (χ3v) is 4.75. The van der Waals surface area contributed by atoms with E-state index in [-0.39, 0.29) is 4.83 Å². The molecule has 2 aromatic rings. The lowest BCUT2D eigenvalue weighted by Crippen LogP contribution is -1.89. The number of halogens is 1. The second-order valence-electron chi connectivity index (χ2n) is 3.66. The summed E-state index contributed by atoms with van der Waals surface area (Å²) in [6.07, 6.45) is 0. The van der Waals surface area contributed by atoms with E-state index in [1.54, 1.807) is 18.4 Å². The summed E-state index contributed by atoms with van der Waals surface area (Å²) < 4.78 is 5.19. The Morgan fingerprint density at radius 1 is 1.25 bits per heavy atom. The van der Waals surface area contributed by atoms with Crippen LogP contribution in [0.1, 0.15) is 20.8 Å². The molecule has 1 nitrogen and oxygen atoms in total. The van der Waals surface area contributed by atoms with Crippen molar-refractivity contribution in [1.82, 2.24) is 0 Å². The zero-order valence-corrected chi connectivity index (χ0v) is 11.6. The van der Waals surface area contributed by atoms with Crippen molar-refractivity contribution in [3.05, 3.63) is 51.7 Å². The maximum Gasteiger partial charge on any atom is 0.129 e. The standard InChI is InChI=1S/C13H13BrOS/c1-9-3-5-10(6-4-9)13(14)12-7-11(15-2)8-16-12/h3-8,13H,1-2H3. The molecule has 0 fully saturated rings. The summed E-state index contributed by atoms with van der Waals surface area (Å²) in [6, 6.07) is 10.6. The fraction of sp³-hybridized carbons (Fsp3) is 0.231. The van der Waals surface area contributed by atoms with Gasteiger partial charge in [-0.05, 0) is 18.6 Å². The van der Waals surface area contributed by atoms with E-state index in [2.05, 4.69) is 53.2 Å². The van der Waals surface area contributed by atoms with Crippen LogP contribution in [0.25, 0.3) is 0 Å². The van der Waals surface area contributed by atoms with E-state index < -0.39 is 0 Å². The molecule has 0 aliphatic heterocycles. The zero-order chi connectivity index (χ0) is 11.5. The largest absolute Gasteiger partial charge is 0.496 e. The van der Waals surface area contributed by atoms with E-state index in [9.17, 15) is 0 Å². The van der Waals surface area contributed by atoms with Crippen molar-refractivity contribution >= 4 is 27.3 Å². The van der Waals surface area contributed by atoms with E-state index in [1.807, 2.05) is 5.38 Å². The summed E-state index contributed by atoms with van der Waals surface area (Å²) in [5, 5.41) is 2.03. The van der Waals surface area contributed by atoms with Gasteiger partial charge in [-0.3, -0.25) is 0 Å². The van der Waals surface area contributed by atoms with Crippen LogP contribution in [-0.2, 0) is 0 Å². The molecule has 0 saturated heterocycles. The number of thiophene rings is 1. The third kappa shape index (κ3) is 2.47. The molecule has 0 saturated carbocycles. The van der Waals surface area contributed by atoms with E-state index in [1.165, 1.54) is 16.0 Å². The molecule has 0 aliphatic carbocycles. The topological polar surface area (TPSA) is 9.23 Å². The molecule has 16 heavy (non-hydrogen) atoms. The first-order valence-electron chi connectivity index (χ1n) is 5.04. The highest BCUT2D eigenvalue weighted by molar-refractivity contribution is 9.09. The van der Waals surface area contributed by atoms with Gasteiger partial charge in [0.2, 0.25) is 0 Å². The Kier molecular flexibility index (Phi) is 3.66. The van der Waals surface area contributed by atoms with Crippen LogP contribution in [0.3, 0.4) is 0 Å². The molecule has 1 aromatic heterocycles. The smallest absolute Gasteiger partial charge is 0.129 e. The molecule has 0 N–H and O–H groups in total. The number of alkyl halides is 1. The highest BCUT2D eigenvalue weighted by Crippen LogP contribution is 2.36. The van der Waals surface area contributed by atoms with Crippen LogP contribution in [0.4, 0.5) is 0 Å². The minimum absolute atomic E-state index is 0.252. The number of benzene rings is 1. The van der Waals surface area contributed by atoms with Crippen molar-refractivity contribution in [3.63, 3.8) is 0 Å². The Bertz CT molecular complexity index is 461. The van der Waals surface area contributed by atoms with E-state index in [4.69, 9.17) is 4.74 Å². The number of ether oxygens (including phenoxy) is 1. The van der Waals surface area contributed by atoms with Crippen LogP contribution in [-0.4, -0.2) is 7.11 Å². The van der Waals surface area contributed by atoms with Gasteiger partial charge in [0.05, 0.1) is 11.9 Å². The summed E-state index contributed by atoms with van der Waals surface area (Å²) in [6.45, 7) is 2.10. The monoisotopic (exact) mass is 296 g/mol. The molecule has 0 bridgehead atoms. The predicted molar refractivity (Wildman–Crippen MR) is 72.8 cm³/mol. The molecule has 0 radical (unpaired) electrons. The van der Waals surface area contributed by atoms with Crippen molar-refractivity contribution in [2.75, 3.05) is 7.11 Å². The van der Waals surface area contributed by atoms with Gasteiger partial charge >= 0.3 is 0 Å². The van der Waals surface area contributed by atoms with Gasteiger partial charge in [0.25, 0.3) is 0 Å². The van der Waals surface area contributed by atoms with Crippen LogP contribution in [0.15, 0.2) is 35.7 Å². The second kappa shape index (κ2) is 5.02. The van der Waals surface area contributed by atoms with Crippen molar-refractivity contribution in [3.8, 4) is 5.75 Å². The first kappa shape index (κ1) is 11.7. The highest BCUT2D eigenvalue weighted by atomic mass is 79.9. The van der Waals surface area contributed by atoms with Gasteiger partial charge < -0.3 is 4.74 Å². The number of rotatable bonds is 3. The van der Waals surface area contributed by atoms with Gasteiger partial charge in [0, 0.05) is 10.3 Å². The van der Waals surface area contributed by atoms with Crippen molar-refractivity contribution in [2.24, 2.45) is 0 Å². The molecule has 0 aliphatic rings. The number of aryl methyl sites for hydroxylation is 1. The maximum absolute atomic E-state index is 5.19. The Labute approximate surface area is 108 Å². The van der Waals surface area contributed by atoms with Crippen LogP contribution in [0.5, 0.6) is 5.75 Å². The molecule has 1 unspecified atom stereocenters. The fourth-order valence-corrected chi connectivity index (χ4v) is 3.09. The summed E-state index contributed by atoms with van der Waals surface area (Å²) in [5.41, 5.74) is 2.56. The number of hydrogen-bond donors (Lipinski definition) is 0. The first-order valence-corrected chi connectivity index (χ1v) is 6.83. The lowest BCUT2D eigenvalue weighted by Gasteiger charge is -2.07. The van der Waals surface area contributed by atoms with Crippen LogP contribution in [0, 0.1) is 6.92 Å². The molecule has 1 atom stereocenters. The number of hydrogen-bond acceptors (Lipinski definition) is 2. The van der Waals surface area contributed by atoms with Crippen LogP contribution in [0.2, 0.25) is 0 Å². The molecule has 1 heterocycles.